The molecule has 1 unspecified atom stereocenters. The van der Waals surface area contributed by atoms with Crippen LogP contribution in [0.2, 0.25) is 0 Å². The van der Waals surface area contributed by atoms with Crippen LogP contribution < -0.4 is 10.9 Å². The monoisotopic (exact) mass is 313 g/mol. The molecule has 8 nitrogen and oxygen atoms in total. The third-order valence-corrected chi connectivity index (χ3v) is 3.70. The molecule has 0 fully saturated rings. The number of fused-ring (bicyclic) bond motifs is 1. The Morgan fingerprint density at radius 3 is 2.91 bits per heavy atom. The van der Waals surface area contributed by atoms with Gasteiger partial charge in [-0.1, -0.05) is 6.08 Å². The lowest BCUT2D eigenvalue weighted by molar-refractivity contribution is -0.130. The molecule has 118 valence electrons. The van der Waals surface area contributed by atoms with Gasteiger partial charge in [-0.3, -0.25) is 14.4 Å². The van der Waals surface area contributed by atoms with Crippen molar-refractivity contribution >= 4 is 23.5 Å². The Kier molecular flexibility index (Phi) is 3.44. The number of allylic oxidation sites excluding steroid dienone is 2. The van der Waals surface area contributed by atoms with E-state index in [1.165, 1.54) is 6.07 Å². The van der Waals surface area contributed by atoms with Gasteiger partial charge in [0.2, 0.25) is 0 Å². The first kappa shape index (κ1) is 14.9. The van der Waals surface area contributed by atoms with Gasteiger partial charge in [-0.05, 0) is 26.0 Å². The quantitative estimate of drug-likeness (QED) is 0.826. The fourth-order valence-corrected chi connectivity index (χ4v) is 2.57. The lowest BCUT2D eigenvalue weighted by Gasteiger charge is -2.41. The average Bonchev–Trinajstić information content (AvgIpc) is 2.45. The smallest absolute Gasteiger partial charge is 0.252 e. The first-order valence-corrected chi connectivity index (χ1v) is 7.04. The number of aromatic nitrogens is 2. The van der Waals surface area contributed by atoms with E-state index < -0.39 is 11.4 Å². The predicted molar refractivity (Wildman–Crippen MR) is 83.8 cm³/mol. The maximum atomic E-state index is 12.7. The summed E-state index contributed by atoms with van der Waals surface area (Å²) in [5, 5.41) is 2.61. The fourth-order valence-electron chi connectivity index (χ4n) is 2.57. The molecule has 0 saturated heterocycles. The first-order chi connectivity index (χ1) is 10.9. The van der Waals surface area contributed by atoms with Crippen molar-refractivity contribution in [2.45, 2.75) is 25.8 Å². The second-order valence-corrected chi connectivity index (χ2v) is 5.56. The standard InChI is InChI=1S/C15H15N5O3/c1-9-16-10(7-12(21)17-9)18-14(23)15(2)8-13(22)19-11-5-3-4-6-20(11)15/h3-7H,8H2,1-2H3,(H2,16,17,18,21,23). The van der Waals surface area contributed by atoms with Crippen LogP contribution >= 0.6 is 0 Å². The van der Waals surface area contributed by atoms with Gasteiger partial charge in [-0.2, -0.15) is 4.99 Å². The normalized spacial score (nSPS) is 22.6. The highest BCUT2D eigenvalue weighted by Gasteiger charge is 2.45. The van der Waals surface area contributed by atoms with Crippen LogP contribution in [0.15, 0.2) is 40.3 Å². The number of hydrogen-bond donors (Lipinski definition) is 2. The second kappa shape index (κ2) is 5.31. The molecule has 3 rings (SSSR count). The predicted octanol–water partition coefficient (Wildman–Crippen LogP) is 0.490. The van der Waals surface area contributed by atoms with E-state index in [0.717, 1.165) is 0 Å². The number of amidine groups is 1. The molecule has 1 aromatic heterocycles. The first-order valence-electron chi connectivity index (χ1n) is 7.04. The number of aliphatic imine (C=N–C) groups is 1. The summed E-state index contributed by atoms with van der Waals surface area (Å²) in [5.74, 6) is 0.141. The number of hydrogen-bond acceptors (Lipinski definition) is 5. The van der Waals surface area contributed by atoms with Gasteiger partial charge < -0.3 is 15.2 Å². The number of nitrogens with one attached hydrogen (secondary N) is 2. The van der Waals surface area contributed by atoms with Gasteiger partial charge in [0.25, 0.3) is 17.4 Å². The highest BCUT2D eigenvalue weighted by atomic mass is 16.2. The summed E-state index contributed by atoms with van der Waals surface area (Å²) >= 11 is 0. The van der Waals surface area contributed by atoms with Gasteiger partial charge >= 0.3 is 0 Å². The summed E-state index contributed by atoms with van der Waals surface area (Å²) in [7, 11) is 0. The number of anilines is 1. The van der Waals surface area contributed by atoms with Crippen molar-refractivity contribution in [2.75, 3.05) is 5.32 Å². The maximum absolute atomic E-state index is 12.7. The van der Waals surface area contributed by atoms with Crippen molar-refractivity contribution in [1.82, 2.24) is 14.9 Å². The van der Waals surface area contributed by atoms with Crippen molar-refractivity contribution in [1.29, 1.82) is 0 Å². The number of aryl methyl sites for hydroxylation is 1. The van der Waals surface area contributed by atoms with E-state index in [4.69, 9.17) is 0 Å². The van der Waals surface area contributed by atoms with Crippen LogP contribution in [0.4, 0.5) is 5.82 Å². The number of nitrogens with zero attached hydrogens (tertiary/aromatic N) is 3. The molecule has 1 atom stereocenters. The van der Waals surface area contributed by atoms with Crippen LogP contribution in [-0.2, 0) is 9.59 Å². The molecule has 1 aromatic rings. The third-order valence-electron chi connectivity index (χ3n) is 3.70. The van der Waals surface area contributed by atoms with Gasteiger partial charge in [-0.25, -0.2) is 4.98 Å². The minimum Gasteiger partial charge on any atom is -0.317 e. The lowest BCUT2D eigenvalue weighted by atomic mass is 9.91. The Morgan fingerprint density at radius 1 is 1.39 bits per heavy atom. The molecule has 0 spiro atoms. The zero-order valence-electron chi connectivity index (χ0n) is 12.7. The molecule has 2 aliphatic heterocycles. The minimum absolute atomic E-state index is 0.0668. The van der Waals surface area contributed by atoms with Gasteiger partial charge in [0.1, 0.15) is 23.0 Å². The minimum atomic E-state index is -1.15. The van der Waals surface area contributed by atoms with Crippen molar-refractivity contribution in [3.8, 4) is 0 Å². The molecular formula is C15H15N5O3. The molecule has 0 radical (unpaired) electrons. The van der Waals surface area contributed by atoms with Crippen molar-refractivity contribution in [2.24, 2.45) is 4.99 Å². The molecule has 0 aromatic carbocycles. The van der Waals surface area contributed by atoms with Crippen LogP contribution in [0.1, 0.15) is 19.2 Å². The molecule has 2 amide bonds. The van der Waals surface area contributed by atoms with Gasteiger partial charge in [0, 0.05) is 12.3 Å². The van der Waals surface area contributed by atoms with Crippen molar-refractivity contribution in [3.05, 3.63) is 46.7 Å². The molecule has 3 heterocycles. The van der Waals surface area contributed by atoms with Crippen LogP contribution in [0.5, 0.6) is 0 Å². The third kappa shape index (κ3) is 2.70. The summed E-state index contributed by atoms with van der Waals surface area (Å²) in [6.07, 6.45) is 6.80. The number of carbonyl (C=O) groups is 2. The Balaban J connectivity index is 1.92. The van der Waals surface area contributed by atoms with E-state index in [1.54, 1.807) is 43.2 Å². The number of rotatable bonds is 2. The Hall–Kier alpha value is -3.03. The highest BCUT2D eigenvalue weighted by Crippen LogP contribution is 2.28. The molecule has 2 aliphatic rings. The summed E-state index contributed by atoms with van der Waals surface area (Å²) in [5.41, 5.74) is -1.51. The largest absolute Gasteiger partial charge is 0.317 e. The number of amides is 2. The summed E-state index contributed by atoms with van der Waals surface area (Å²) < 4.78 is 0. The molecule has 0 saturated carbocycles. The van der Waals surface area contributed by atoms with E-state index in [9.17, 15) is 14.4 Å². The SMILES string of the molecule is Cc1nc(NC(=O)C2(C)CC(=O)N=C3C=CC=CN32)cc(=O)[nH]1. The summed E-state index contributed by atoms with van der Waals surface area (Å²) in [6.45, 7) is 3.27. The van der Waals surface area contributed by atoms with Crippen molar-refractivity contribution < 1.29 is 9.59 Å². The number of aromatic amines is 1. The fraction of sp³-hybridized carbons (Fsp3) is 0.267. The zero-order valence-corrected chi connectivity index (χ0v) is 12.7. The van der Waals surface area contributed by atoms with E-state index in [1.807, 2.05) is 0 Å². The lowest BCUT2D eigenvalue weighted by Crippen LogP contribution is -2.58. The van der Waals surface area contributed by atoms with Crippen LogP contribution in [0.3, 0.4) is 0 Å². The van der Waals surface area contributed by atoms with Crippen LogP contribution in [0.25, 0.3) is 0 Å². The highest BCUT2D eigenvalue weighted by molar-refractivity contribution is 6.11. The second-order valence-electron chi connectivity index (χ2n) is 5.56. The topological polar surface area (TPSA) is 108 Å². The molecule has 8 heteroatoms. The van der Waals surface area contributed by atoms with Crippen LogP contribution in [-0.4, -0.2) is 38.1 Å². The zero-order chi connectivity index (χ0) is 16.6. The summed E-state index contributed by atoms with van der Waals surface area (Å²) in [6, 6.07) is 1.19. The van der Waals surface area contributed by atoms with Gasteiger partial charge in [0.15, 0.2) is 0 Å². The Morgan fingerprint density at radius 2 is 2.17 bits per heavy atom. The molecule has 23 heavy (non-hydrogen) atoms. The van der Waals surface area contributed by atoms with E-state index in [-0.39, 0.29) is 23.7 Å². The number of H-pyrrole nitrogens is 1. The van der Waals surface area contributed by atoms with E-state index >= 15 is 0 Å². The molecule has 0 bridgehead atoms. The van der Waals surface area contributed by atoms with Gasteiger partial charge in [-0.15, -0.1) is 0 Å². The Bertz CT molecular complexity index is 836. The van der Waals surface area contributed by atoms with E-state index in [0.29, 0.717) is 11.7 Å². The summed E-state index contributed by atoms with van der Waals surface area (Å²) in [4.78, 5) is 48.2. The van der Waals surface area contributed by atoms with Crippen LogP contribution in [0, 0.1) is 6.92 Å². The Labute approximate surface area is 131 Å². The van der Waals surface area contributed by atoms with E-state index in [2.05, 4.69) is 20.3 Å². The number of carbonyl (C=O) groups excluding carboxylic acids is 2. The average molecular weight is 313 g/mol. The van der Waals surface area contributed by atoms with Crippen molar-refractivity contribution in [3.63, 3.8) is 0 Å². The maximum Gasteiger partial charge on any atom is 0.252 e. The molecule has 2 N–H and O–H groups in total. The molecule has 0 aliphatic carbocycles. The molecular weight excluding hydrogens is 298 g/mol. The van der Waals surface area contributed by atoms with Gasteiger partial charge in [0.05, 0.1) is 6.42 Å².